The second-order valence-electron chi connectivity index (χ2n) is 2.75. The smallest absolute Gasteiger partial charge is 0.219 e. The number of aliphatic hydroxyl groups excluding tert-OH is 2. The summed E-state index contributed by atoms with van der Waals surface area (Å²) in [4.78, 5) is 7.30. The van der Waals surface area contributed by atoms with Crippen molar-refractivity contribution in [3.05, 3.63) is 35.1 Å². The van der Waals surface area contributed by atoms with Crippen LogP contribution >= 0.6 is 0 Å². The molecule has 0 spiro atoms. The van der Waals surface area contributed by atoms with Crippen LogP contribution in [-0.4, -0.2) is 36.8 Å². The molecule has 1 aliphatic rings. The van der Waals surface area contributed by atoms with Crippen molar-refractivity contribution in [2.24, 2.45) is 9.98 Å². The fraction of sp³-hybridized carbons (Fsp3) is 0.200. The van der Waals surface area contributed by atoms with Crippen LogP contribution in [0.4, 0.5) is 0 Å². The van der Waals surface area contributed by atoms with Gasteiger partial charge < -0.3 is 14.9 Å². The number of allylic oxidation sites excluding steroid dienone is 3. The minimum absolute atomic E-state index is 0.0879. The van der Waals surface area contributed by atoms with Crippen LogP contribution in [0.1, 0.15) is 0 Å². The van der Waals surface area contributed by atoms with Crippen LogP contribution < -0.4 is 0 Å². The molecular formula is C10H12N2O3. The first-order valence-corrected chi connectivity index (χ1v) is 4.17. The Kier molecular flexibility index (Phi) is 3.28. The predicted octanol–water partition coefficient (Wildman–Crippen LogP) is 1.51. The third-order valence-electron chi connectivity index (χ3n) is 1.93. The number of aliphatic hydroxyl groups is 2. The second-order valence-corrected chi connectivity index (χ2v) is 2.75. The molecule has 5 heteroatoms. The van der Waals surface area contributed by atoms with Gasteiger partial charge in [-0.1, -0.05) is 0 Å². The van der Waals surface area contributed by atoms with Crippen molar-refractivity contribution in [3.63, 3.8) is 0 Å². The summed E-state index contributed by atoms with van der Waals surface area (Å²) >= 11 is 0. The van der Waals surface area contributed by atoms with Gasteiger partial charge in [0.25, 0.3) is 0 Å². The van der Waals surface area contributed by atoms with Crippen molar-refractivity contribution in [3.8, 4) is 0 Å². The van der Waals surface area contributed by atoms with Crippen molar-refractivity contribution < 1.29 is 14.9 Å². The molecule has 1 aliphatic carbocycles. The number of hydrogen-bond donors (Lipinski definition) is 2. The van der Waals surface area contributed by atoms with E-state index in [9.17, 15) is 10.2 Å². The Morgan fingerprint density at radius 3 is 2.60 bits per heavy atom. The number of hydrogen-bond acceptors (Lipinski definition) is 5. The molecule has 2 N–H and O–H groups in total. The Labute approximate surface area is 87.4 Å². The zero-order chi connectivity index (χ0) is 11.4. The minimum atomic E-state index is -0.284. The van der Waals surface area contributed by atoms with Gasteiger partial charge in [0.15, 0.2) is 11.5 Å². The van der Waals surface area contributed by atoms with Gasteiger partial charge in [0.05, 0.1) is 18.4 Å². The number of methoxy groups -OCH3 is 1. The van der Waals surface area contributed by atoms with E-state index in [0.717, 1.165) is 0 Å². The molecule has 0 bridgehead atoms. The van der Waals surface area contributed by atoms with Gasteiger partial charge in [-0.2, -0.15) is 0 Å². The maximum atomic E-state index is 9.50. The van der Waals surface area contributed by atoms with Crippen LogP contribution in [0.2, 0.25) is 0 Å². The van der Waals surface area contributed by atoms with Crippen LogP contribution in [0.25, 0.3) is 0 Å². The third kappa shape index (κ3) is 2.07. The quantitative estimate of drug-likeness (QED) is 0.533. The molecule has 15 heavy (non-hydrogen) atoms. The third-order valence-corrected chi connectivity index (χ3v) is 1.93. The standard InChI is InChI=1S/C10H12N2O3/c1-11-7-5-9(15-3)8(13)4-6(7)10(14)12-2/h4-5,13-14H,2H2,1,3H3/b10-6+,11-7-. The van der Waals surface area contributed by atoms with Crippen molar-refractivity contribution in [1.82, 2.24) is 0 Å². The largest absolute Gasteiger partial charge is 0.504 e. The SMILES string of the molecule is C=N/C(O)=C1/C=C(O)C(OC)=C/C1=N/C. The Hall–Kier alpha value is -2.04. The van der Waals surface area contributed by atoms with E-state index in [1.807, 2.05) is 0 Å². The normalized spacial score (nSPS) is 21.9. The molecule has 0 aliphatic heterocycles. The molecule has 0 amide bonds. The highest BCUT2D eigenvalue weighted by atomic mass is 16.5. The lowest BCUT2D eigenvalue weighted by Gasteiger charge is -2.13. The lowest BCUT2D eigenvalue weighted by Crippen LogP contribution is -2.10. The van der Waals surface area contributed by atoms with Crippen molar-refractivity contribution in [2.45, 2.75) is 0 Å². The minimum Gasteiger partial charge on any atom is -0.504 e. The van der Waals surface area contributed by atoms with Crippen molar-refractivity contribution >= 4 is 12.4 Å². The van der Waals surface area contributed by atoms with Gasteiger partial charge in [-0.05, 0) is 12.8 Å². The molecule has 0 fully saturated rings. The predicted molar refractivity (Wildman–Crippen MR) is 58.4 cm³/mol. The highest BCUT2D eigenvalue weighted by Gasteiger charge is 2.18. The van der Waals surface area contributed by atoms with E-state index in [1.54, 1.807) is 7.05 Å². The zero-order valence-electron chi connectivity index (χ0n) is 8.56. The Bertz CT molecular complexity index is 403. The number of rotatable bonds is 2. The first kappa shape index (κ1) is 11.0. The summed E-state index contributed by atoms with van der Waals surface area (Å²) in [6, 6.07) is 0. The van der Waals surface area contributed by atoms with Crippen LogP contribution in [0.5, 0.6) is 0 Å². The van der Waals surface area contributed by atoms with Gasteiger partial charge >= 0.3 is 0 Å². The fourth-order valence-electron chi connectivity index (χ4n) is 1.17. The maximum absolute atomic E-state index is 9.50. The summed E-state index contributed by atoms with van der Waals surface area (Å²) in [5, 5.41) is 18.9. The summed E-state index contributed by atoms with van der Waals surface area (Å²) in [7, 11) is 3.00. The molecule has 5 nitrogen and oxygen atoms in total. The highest BCUT2D eigenvalue weighted by molar-refractivity contribution is 6.12. The van der Waals surface area contributed by atoms with Gasteiger partial charge in [-0.3, -0.25) is 4.99 Å². The number of ether oxygens (including phenoxy) is 1. The lowest BCUT2D eigenvalue weighted by atomic mass is 10.0. The van der Waals surface area contributed by atoms with E-state index >= 15 is 0 Å². The van der Waals surface area contributed by atoms with Gasteiger partial charge in [0.1, 0.15) is 0 Å². The first-order valence-electron chi connectivity index (χ1n) is 4.17. The topological polar surface area (TPSA) is 74.4 Å². The Balaban J connectivity index is 3.28. The van der Waals surface area contributed by atoms with Gasteiger partial charge in [0.2, 0.25) is 5.88 Å². The molecule has 0 aromatic rings. The Morgan fingerprint density at radius 2 is 2.13 bits per heavy atom. The van der Waals surface area contributed by atoms with E-state index in [4.69, 9.17) is 4.74 Å². The summed E-state index contributed by atoms with van der Waals surface area (Å²) < 4.78 is 4.91. The maximum Gasteiger partial charge on any atom is 0.219 e. The van der Waals surface area contributed by atoms with E-state index in [-0.39, 0.29) is 17.4 Å². The highest BCUT2D eigenvalue weighted by Crippen LogP contribution is 2.21. The number of aliphatic imine (C=N–C) groups is 2. The monoisotopic (exact) mass is 208 g/mol. The average Bonchev–Trinajstić information content (AvgIpc) is 2.27. The molecule has 0 radical (unpaired) electrons. The Morgan fingerprint density at radius 1 is 1.47 bits per heavy atom. The van der Waals surface area contributed by atoms with E-state index in [0.29, 0.717) is 11.3 Å². The van der Waals surface area contributed by atoms with Crippen molar-refractivity contribution in [2.75, 3.05) is 14.2 Å². The molecule has 0 atom stereocenters. The average molecular weight is 208 g/mol. The summed E-state index contributed by atoms with van der Waals surface area (Å²) in [5.74, 6) is -0.0835. The molecule has 0 saturated carbocycles. The molecule has 80 valence electrons. The van der Waals surface area contributed by atoms with Crippen LogP contribution in [0.3, 0.4) is 0 Å². The molecular weight excluding hydrogens is 196 g/mol. The van der Waals surface area contributed by atoms with E-state index < -0.39 is 0 Å². The molecule has 1 rings (SSSR count). The van der Waals surface area contributed by atoms with E-state index in [1.165, 1.54) is 19.3 Å². The summed E-state index contributed by atoms with van der Waals surface area (Å²) in [5.41, 5.74) is 0.778. The van der Waals surface area contributed by atoms with Crippen LogP contribution in [0.15, 0.2) is 45.1 Å². The first-order chi connectivity index (χ1) is 7.13. The second kappa shape index (κ2) is 4.45. The molecule has 0 aromatic carbocycles. The molecule has 0 heterocycles. The summed E-state index contributed by atoms with van der Waals surface area (Å²) in [6.45, 7) is 3.19. The lowest BCUT2D eigenvalue weighted by molar-refractivity contribution is 0.256. The molecule has 0 aromatic heterocycles. The van der Waals surface area contributed by atoms with Crippen LogP contribution in [-0.2, 0) is 4.74 Å². The fourth-order valence-corrected chi connectivity index (χ4v) is 1.17. The molecule has 0 saturated heterocycles. The van der Waals surface area contributed by atoms with Gasteiger partial charge in [-0.15, -0.1) is 0 Å². The number of nitrogens with zero attached hydrogens (tertiary/aromatic N) is 2. The summed E-state index contributed by atoms with van der Waals surface area (Å²) in [6.07, 6.45) is 2.83. The zero-order valence-corrected chi connectivity index (χ0v) is 8.56. The van der Waals surface area contributed by atoms with Crippen molar-refractivity contribution in [1.29, 1.82) is 0 Å². The molecule has 0 unspecified atom stereocenters. The van der Waals surface area contributed by atoms with E-state index in [2.05, 4.69) is 16.7 Å². The van der Waals surface area contributed by atoms with Crippen LogP contribution in [0, 0.1) is 0 Å². The van der Waals surface area contributed by atoms with Gasteiger partial charge in [-0.25, -0.2) is 4.99 Å². The van der Waals surface area contributed by atoms with Gasteiger partial charge in [0, 0.05) is 13.1 Å².